The number of piperazine rings is 1. The van der Waals surface area contributed by atoms with Crippen LogP contribution in [0.5, 0.6) is 17.2 Å². The zero-order valence-electron chi connectivity index (χ0n) is 12.9. The summed E-state index contributed by atoms with van der Waals surface area (Å²) in [7, 11) is 4.51. The molecular weight excluding hydrogens is 275 g/mol. The van der Waals surface area contributed by atoms with E-state index in [4.69, 9.17) is 14.2 Å². The third kappa shape index (κ3) is 3.57. The standard InChI is InChI=1S/C15H23FN2O3/c1-19-12-10-13(20-2)15(21-3)11(14(12)16)4-7-18-8-5-17-6-9-18/h10,17H,4-9H2,1-3H3. The van der Waals surface area contributed by atoms with Crippen molar-refractivity contribution in [2.24, 2.45) is 0 Å². The molecule has 0 bridgehead atoms. The van der Waals surface area contributed by atoms with Crippen molar-refractivity contribution in [1.29, 1.82) is 0 Å². The first-order valence-corrected chi connectivity index (χ1v) is 7.11. The summed E-state index contributed by atoms with van der Waals surface area (Å²) in [4.78, 5) is 2.31. The minimum absolute atomic E-state index is 0.183. The number of hydrogen-bond acceptors (Lipinski definition) is 5. The van der Waals surface area contributed by atoms with Crippen LogP contribution in [0.2, 0.25) is 0 Å². The van der Waals surface area contributed by atoms with Crippen LogP contribution in [0.4, 0.5) is 4.39 Å². The molecule has 1 aromatic rings. The Kier molecular flexibility index (Phi) is 5.64. The summed E-state index contributed by atoms with van der Waals surface area (Å²) >= 11 is 0. The van der Waals surface area contributed by atoms with Gasteiger partial charge in [-0.2, -0.15) is 0 Å². The Hall–Kier alpha value is -1.53. The summed E-state index contributed by atoms with van der Waals surface area (Å²) in [6.45, 7) is 4.68. The summed E-state index contributed by atoms with van der Waals surface area (Å²) in [5, 5.41) is 3.30. The van der Waals surface area contributed by atoms with E-state index in [0.717, 1.165) is 32.7 Å². The lowest BCUT2D eigenvalue weighted by Gasteiger charge is -2.27. The highest BCUT2D eigenvalue weighted by molar-refractivity contribution is 5.53. The second-order valence-electron chi connectivity index (χ2n) is 4.95. The lowest BCUT2D eigenvalue weighted by Crippen LogP contribution is -2.44. The van der Waals surface area contributed by atoms with Gasteiger partial charge in [-0.15, -0.1) is 0 Å². The Morgan fingerprint density at radius 2 is 1.76 bits per heavy atom. The molecule has 0 spiro atoms. The van der Waals surface area contributed by atoms with Gasteiger partial charge in [0.1, 0.15) is 0 Å². The molecule has 0 aromatic heterocycles. The van der Waals surface area contributed by atoms with E-state index in [-0.39, 0.29) is 11.6 Å². The molecule has 1 N–H and O–H groups in total. The van der Waals surface area contributed by atoms with E-state index in [1.165, 1.54) is 27.4 Å². The van der Waals surface area contributed by atoms with E-state index in [0.29, 0.717) is 23.5 Å². The molecule has 1 aromatic carbocycles. The molecule has 0 amide bonds. The molecule has 21 heavy (non-hydrogen) atoms. The van der Waals surface area contributed by atoms with Gasteiger partial charge >= 0.3 is 0 Å². The predicted molar refractivity (Wildman–Crippen MR) is 79.1 cm³/mol. The number of benzene rings is 1. The van der Waals surface area contributed by atoms with Crippen LogP contribution in [0.15, 0.2) is 6.07 Å². The van der Waals surface area contributed by atoms with Crippen LogP contribution in [-0.2, 0) is 6.42 Å². The highest BCUT2D eigenvalue weighted by Crippen LogP contribution is 2.38. The first-order valence-electron chi connectivity index (χ1n) is 7.11. The highest BCUT2D eigenvalue weighted by atomic mass is 19.1. The van der Waals surface area contributed by atoms with Crippen molar-refractivity contribution in [2.45, 2.75) is 6.42 Å². The largest absolute Gasteiger partial charge is 0.494 e. The van der Waals surface area contributed by atoms with Gasteiger partial charge in [-0.3, -0.25) is 0 Å². The van der Waals surface area contributed by atoms with E-state index in [1.807, 2.05) is 0 Å². The lowest BCUT2D eigenvalue weighted by atomic mass is 10.1. The van der Waals surface area contributed by atoms with Gasteiger partial charge < -0.3 is 24.4 Å². The van der Waals surface area contributed by atoms with E-state index in [9.17, 15) is 4.39 Å². The molecule has 1 heterocycles. The molecule has 2 rings (SSSR count). The Bertz CT molecular complexity index is 476. The van der Waals surface area contributed by atoms with Crippen LogP contribution in [0.3, 0.4) is 0 Å². The van der Waals surface area contributed by atoms with Crippen LogP contribution in [-0.4, -0.2) is 59.0 Å². The number of halogens is 1. The molecular formula is C15H23FN2O3. The number of rotatable bonds is 6. The van der Waals surface area contributed by atoms with Gasteiger partial charge in [-0.25, -0.2) is 4.39 Å². The van der Waals surface area contributed by atoms with Gasteiger partial charge in [0.2, 0.25) is 0 Å². The monoisotopic (exact) mass is 298 g/mol. The molecule has 0 aliphatic carbocycles. The van der Waals surface area contributed by atoms with Gasteiger partial charge in [0, 0.05) is 44.4 Å². The minimum Gasteiger partial charge on any atom is -0.494 e. The highest BCUT2D eigenvalue weighted by Gasteiger charge is 2.21. The molecule has 1 fully saturated rings. The van der Waals surface area contributed by atoms with E-state index in [2.05, 4.69) is 10.2 Å². The summed E-state index contributed by atoms with van der Waals surface area (Å²) in [5.74, 6) is 0.755. The fourth-order valence-corrected chi connectivity index (χ4v) is 2.60. The van der Waals surface area contributed by atoms with Crippen molar-refractivity contribution >= 4 is 0 Å². The maximum absolute atomic E-state index is 14.5. The molecule has 6 heteroatoms. The number of methoxy groups -OCH3 is 3. The van der Waals surface area contributed by atoms with Crippen molar-refractivity contribution in [3.63, 3.8) is 0 Å². The third-order valence-corrected chi connectivity index (χ3v) is 3.77. The average molecular weight is 298 g/mol. The number of hydrogen-bond donors (Lipinski definition) is 1. The normalized spacial score (nSPS) is 15.8. The van der Waals surface area contributed by atoms with Crippen molar-refractivity contribution in [1.82, 2.24) is 10.2 Å². The SMILES string of the molecule is COc1cc(OC)c(OC)c(CCN2CCNCC2)c1F. The molecule has 0 radical (unpaired) electrons. The maximum Gasteiger partial charge on any atom is 0.172 e. The van der Waals surface area contributed by atoms with Crippen molar-refractivity contribution < 1.29 is 18.6 Å². The van der Waals surface area contributed by atoms with Gasteiger partial charge in [0.05, 0.1) is 21.3 Å². The first kappa shape index (κ1) is 15.9. The molecule has 1 aliphatic heterocycles. The molecule has 0 atom stereocenters. The average Bonchev–Trinajstić information content (AvgIpc) is 2.54. The second-order valence-corrected chi connectivity index (χ2v) is 4.95. The zero-order valence-corrected chi connectivity index (χ0v) is 12.9. The molecule has 1 aliphatic rings. The fourth-order valence-electron chi connectivity index (χ4n) is 2.60. The Morgan fingerprint density at radius 1 is 1.10 bits per heavy atom. The van der Waals surface area contributed by atoms with Crippen LogP contribution < -0.4 is 19.5 Å². The molecule has 1 saturated heterocycles. The minimum atomic E-state index is -0.370. The van der Waals surface area contributed by atoms with Crippen molar-refractivity contribution in [2.75, 3.05) is 54.1 Å². The quantitative estimate of drug-likeness (QED) is 0.857. The lowest BCUT2D eigenvalue weighted by molar-refractivity contribution is 0.241. The summed E-state index contributed by atoms with van der Waals surface area (Å²) in [6, 6.07) is 1.52. The van der Waals surface area contributed by atoms with Gasteiger partial charge in [0.15, 0.2) is 23.1 Å². The molecule has 0 unspecified atom stereocenters. The number of ether oxygens (including phenoxy) is 3. The Labute approximate surface area is 125 Å². The number of nitrogens with one attached hydrogen (secondary N) is 1. The third-order valence-electron chi connectivity index (χ3n) is 3.77. The van der Waals surface area contributed by atoms with Crippen LogP contribution in [0, 0.1) is 5.82 Å². The number of nitrogens with zero attached hydrogens (tertiary/aromatic N) is 1. The molecule has 5 nitrogen and oxygen atoms in total. The first-order chi connectivity index (χ1) is 10.2. The van der Waals surface area contributed by atoms with Crippen LogP contribution >= 0.6 is 0 Å². The maximum atomic E-state index is 14.5. The van der Waals surface area contributed by atoms with Gasteiger partial charge in [-0.05, 0) is 6.42 Å². The predicted octanol–water partition coefficient (Wildman–Crippen LogP) is 1.30. The van der Waals surface area contributed by atoms with Crippen molar-refractivity contribution in [3.8, 4) is 17.2 Å². The smallest absolute Gasteiger partial charge is 0.172 e. The topological polar surface area (TPSA) is 43.0 Å². The Morgan fingerprint density at radius 3 is 2.33 bits per heavy atom. The van der Waals surface area contributed by atoms with Crippen molar-refractivity contribution in [3.05, 3.63) is 17.4 Å². The van der Waals surface area contributed by atoms with E-state index < -0.39 is 0 Å². The summed E-state index contributed by atoms with van der Waals surface area (Å²) < 4.78 is 30.2. The summed E-state index contributed by atoms with van der Waals surface area (Å²) in [5.41, 5.74) is 0.507. The van der Waals surface area contributed by atoms with Crippen LogP contribution in [0.1, 0.15) is 5.56 Å². The zero-order chi connectivity index (χ0) is 15.2. The summed E-state index contributed by atoms with van der Waals surface area (Å²) in [6.07, 6.45) is 0.558. The van der Waals surface area contributed by atoms with Gasteiger partial charge in [0.25, 0.3) is 0 Å². The van der Waals surface area contributed by atoms with E-state index >= 15 is 0 Å². The fraction of sp³-hybridized carbons (Fsp3) is 0.600. The molecule has 118 valence electrons. The molecule has 0 saturated carbocycles. The second kappa shape index (κ2) is 7.47. The van der Waals surface area contributed by atoms with Crippen LogP contribution in [0.25, 0.3) is 0 Å². The van der Waals surface area contributed by atoms with E-state index in [1.54, 1.807) is 0 Å². The van der Waals surface area contributed by atoms with Gasteiger partial charge in [-0.1, -0.05) is 0 Å². The Balaban J connectivity index is 2.22.